The van der Waals surface area contributed by atoms with Crippen LogP contribution in [0.2, 0.25) is 0 Å². The van der Waals surface area contributed by atoms with Gasteiger partial charge < -0.3 is 0 Å². The molecule has 2 aliphatic carbocycles. The van der Waals surface area contributed by atoms with Crippen molar-refractivity contribution in [1.82, 2.24) is 0 Å². The van der Waals surface area contributed by atoms with E-state index in [1.165, 1.54) is 12.8 Å². The molecule has 0 N–H and O–H groups in total. The summed E-state index contributed by atoms with van der Waals surface area (Å²) >= 11 is 0. The molecule has 0 aromatic rings. The van der Waals surface area contributed by atoms with E-state index in [1.54, 1.807) is 0 Å². The molecule has 0 radical (unpaired) electrons. The summed E-state index contributed by atoms with van der Waals surface area (Å²) in [5.41, 5.74) is 0. The minimum atomic E-state index is 0.856. The van der Waals surface area contributed by atoms with Crippen LogP contribution in [0.3, 0.4) is 0 Å². The Morgan fingerprint density at radius 2 is 1.83 bits per heavy atom. The molecular weight excluding hydrogens is 144 g/mol. The van der Waals surface area contributed by atoms with Crippen LogP contribution in [0.4, 0.5) is 0 Å². The van der Waals surface area contributed by atoms with E-state index in [2.05, 4.69) is 38.2 Å². The number of rotatable bonds is 1. The summed E-state index contributed by atoms with van der Waals surface area (Å²) in [6.45, 7) is 4.72. The summed E-state index contributed by atoms with van der Waals surface area (Å²) in [6.07, 6.45) is 12.1. The van der Waals surface area contributed by atoms with Crippen molar-refractivity contribution < 1.29 is 0 Å². The smallest absolute Gasteiger partial charge is 0.0136 e. The van der Waals surface area contributed by atoms with Crippen LogP contribution in [0.15, 0.2) is 24.3 Å². The Labute approximate surface area is 75.4 Å². The highest BCUT2D eigenvalue weighted by atomic mass is 14.4. The van der Waals surface area contributed by atoms with E-state index in [9.17, 15) is 0 Å². The highest BCUT2D eigenvalue weighted by Crippen LogP contribution is 2.43. The molecule has 12 heavy (non-hydrogen) atoms. The first-order valence-corrected chi connectivity index (χ1v) is 5.14. The molecule has 0 aromatic heterocycles. The molecule has 0 heterocycles. The largest absolute Gasteiger partial charge is 0.0808 e. The van der Waals surface area contributed by atoms with Gasteiger partial charge in [0.2, 0.25) is 0 Å². The first-order chi connectivity index (χ1) is 5.79. The first kappa shape index (κ1) is 8.10. The van der Waals surface area contributed by atoms with Crippen LogP contribution in [0, 0.1) is 23.7 Å². The van der Waals surface area contributed by atoms with Crippen molar-refractivity contribution in [3.8, 4) is 0 Å². The fourth-order valence-electron chi connectivity index (χ4n) is 2.77. The molecule has 0 saturated heterocycles. The van der Waals surface area contributed by atoms with Crippen molar-refractivity contribution in [2.45, 2.75) is 26.7 Å². The maximum absolute atomic E-state index is 2.42. The zero-order chi connectivity index (χ0) is 8.55. The number of allylic oxidation sites excluding steroid dienone is 4. The minimum absolute atomic E-state index is 0.856. The van der Waals surface area contributed by atoms with Gasteiger partial charge in [-0.05, 0) is 36.5 Å². The van der Waals surface area contributed by atoms with Crippen molar-refractivity contribution in [3.63, 3.8) is 0 Å². The molecule has 0 amide bonds. The summed E-state index contributed by atoms with van der Waals surface area (Å²) in [4.78, 5) is 0. The molecule has 0 spiro atoms. The number of fused-ring (bicyclic) bond motifs is 1. The lowest BCUT2D eigenvalue weighted by Crippen LogP contribution is -2.17. The maximum Gasteiger partial charge on any atom is -0.0136 e. The lowest BCUT2D eigenvalue weighted by Gasteiger charge is -2.24. The Morgan fingerprint density at radius 1 is 1.08 bits per heavy atom. The fourth-order valence-corrected chi connectivity index (χ4v) is 2.77. The van der Waals surface area contributed by atoms with Gasteiger partial charge in [-0.25, -0.2) is 0 Å². The zero-order valence-electron chi connectivity index (χ0n) is 8.03. The van der Waals surface area contributed by atoms with Crippen molar-refractivity contribution in [2.24, 2.45) is 23.7 Å². The molecule has 66 valence electrons. The molecule has 2 rings (SSSR count). The quantitative estimate of drug-likeness (QED) is 0.554. The standard InChI is InChI=1S/C12H18/c1-9(2)11-8-7-10-5-3-4-6-12(10)11/h3-6,9-12H,7-8H2,1-2H3. The molecular formula is C12H18. The molecule has 2 aliphatic rings. The van der Waals surface area contributed by atoms with Crippen LogP contribution < -0.4 is 0 Å². The second-order valence-electron chi connectivity index (χ2n) is 4.50. The van der Waals surface area contributed by atoms with Gasteiger partial charge in [-0.3, -0.25) is 0 Å². The third kappa shape index (κ3) is 1.24. The SMILES string of the molecule is CC(C)C1CCC2C=CC=CC21. The van der Waals surface area contributed by atoms with Gasteiger partial charge in [0.15, 0.2) is 0 Å². The van der Waals surface area contributed by atoms with Gasteiger partial charge in [0.25, 0.3) is 0 Å². The molecule has 0 aliphatic heterocycles. The Hall–Kier alpha value is -0.520. The van der Waals surface area contributed by atoms with Gasteiger partial charge in [0.1, 0.15) is 0 Å². The number of hydrogen-bond acceptors (Lipinski definition) is 0. The van der Waals surface area contributed by atoms with E-state index in [4.69, 9.17) is 0 Å². The summed E-state index contributed by atoms with van der Waals surface area (Å²) in [5, 5.41) is 0. The van der Waals surface area contributed by atoms with Crippen LogP contribution in [-0.4, -0.2) is 0 Å². The molecule has 1 fully saturated rings. The van der Waals surface area contributed by atoms with Crippen LogP contribution >= 0.6 is 0 Å². The van der Waals surface area contributed by atoms with Gasteiger partial charge in [-0.1, -0.05) is 38.2 Å². The molecule has 3 unspecified atom stereocenters. The second kappa shape index (κ2) is 3.08. The topological polar surface area (TPSA) is 0 Å². The summed E-state index contributed by atoms with van der Waals surface area (Å²) in [5.74, 6) is 3.52. The van der Waals surface area contributed by atoms with Crippen molar-refractivity contribution in [3.05, 3.63) is 24.3 Å². The highest BCUT2D eigenvalue weighted by molar-refractivity contribution is 5.17. The normalized spacial score (nSPS) is 39.1. The minimum Gasteiger partial charge on any atom is -0.0808 e. The Kier molecular flexibility index (Phi) is 2.08. The maximum atomic E-state index is 2.42. The molecule has 0 heteroatoms. The van der Waals surface area contributed by atoms with Crippen LogP contribution in [0.5, 0.6) is 0 Å². The van der Waals surface area contributed by atoms with Crippen LogP contribution in [-0.2, 0) is 0 Å². The van der Waals surface area contributed by atoms with Gasteiger partial charge in [-0.2, -0.15) is 0 Å². The van der Waals surface area contributed by atoms with E-state index in [1.807, 2.05) is 0 Å². The molecule has 0 aromatic carbocycles. The van der Waals surface area contributed by atoms with Crippen molar-refractivity contribution in [1.29, 1.82) is 0 Å². The second-order valence-corrected chi connectivity index (χ2v) is 4.50. The van der Waals surface area contributed by atoms with Gasteiger partial charge in [-0.15, -0.1) is 0 Å². The van der Waals surface area contributed by atoms with Gasteiger partial charge in [0.05, 0.1) is 0 Å². The lowest BCUT2D eigenvalue weighted by atomic mass is 9.81. The zero-order valence-corrected chi connectivity index (χ0v) is 8.03. The van der Waals surface area contributed by atoms with Gasteiger partial charge >= 0.3 is 0 Å². The van der Waals surface area contributed by atoms with Crippen molar-refractivity contribution >= 4 is 0 Å². The van der Waals surface area contributed by atoms with E-state index < -0.39 is 0 Å². The Balaban J connectivity index is 2.13. The Morgan fingerprint density at radius 3 is 2.58 bits per heavy atom. The Bertz CT molecular complexity index is 210. The molecule has 0 nitrogen and oxygen atoms in total. The van der Waals surface area contributed by atoms with E-state index in [-0.39, 0.29) is 0 Å². The van der Waals surface area contributed by atoms with E-state index in [0.717, 1.165) is 23.7 Å². The first-order valence-electron chi connectivity index (χ1n) is 5.14. The monoisotopic (exact) mass is 162 g/mol. The van der Waals surface area contributed by atoms with E-state index in [0.29, 0.717) is 0 Å². The predicted molar refractivity (Wildman–Crippen MR) is 52.8 cm³/mol. The third-order valence-corrected chi connectivity index (χ3v) is 3.48. The average molecular weight is 162 g/mol. The van der Waals surface area contributed by atoms with Crippen LogP contribution in [0.25, 0.3) is 0 Å². The molecule has 3 atom stereocenters. The third-order valence-electron chi connectivity index (χ3n) is 3.48. The van der Waals surface area contributed by atoms with Gasteiger partial charge in [0, 0.05) is 0 Å². The molecule has 0 bridgehead atoms. The lowest BCUT2D eigenvalue weighted by molar-refractivity contribution is 0.320. The fraction of sp³-hybridized carbons (Fsp3) is 0.667. The average Bonchev–Trinajstić information content (AvgIpc) is 2.47. The number of hydrogen-bond donors (Lipinski definition) is 0. The highest BCUT2D eigenvalue weighted by Gasteiger charge is 2.34. The van der Waals surface area contributed by atoms with E-state index >= 15 is 0 Å². The summed E-state index contributed by atoms with van der Waals surface area (Å²) in [6, 6.07) is 0. The molecule has 1 saturated carbocycles. The summed E-state index contributed by atoms with van der Waals surface area (Å²) < 4.78 is 0. The predicted octanol–water partition coefficient (Wildman–Crippen LogP) is 3.41. The summed E-state index contributed by atoms with van der Waals surface area (Å²) in [7, 11) is 0. The van der Waals surface area contributed by atoms with Crippen LogP contribution in [0.1, 0.15) is 26.7 Å². The van der Waals surface area contributed by atoms with Crippen molar-refractivity contribution in [2.75, 3.05) is 0 Å².